The maximum atomic E-state index is 12.9. The number of aromatic nitrogens is 2. The molecule has 1 N–H and O–H groups in total. The molecule has 0 bridgehead atoms. The molecule has 0 spiro atoms. The number of aryl methyl sites for hydroxylation is 1. The predicted molar refractivity (Wildman–Crippen MR) is 99.2 cm³/mol. The Bertz CT molecular complexity index is 828. The van der Waals surface area contributed by atoms with Gasteiger partial charge in [-0.25, -0.2) is 9.37 Å². The van der Waals surface area contributed by atoms with E-state index in [1.165, 1.54) is 17.7 Å². The van der Waals surface area contributed by atoms with Crippen LogP contribution >= 0.6 is 0 Å². The van der Waals surface area contributed by atoms with Crippen LogP contribution in [0.15, 0.2) is 67.0 Å². The zero-order valence-electron chi connectivity index (χ0n) is 14.6. The molecular weight excluding hydrogens is 329 g/mol. The van der Waals surface area contributed by atoms with E-state index in [1.807, 2.05) is 24.4 Å². The molecule has 134 valence electrons. The number of benzene rings is 2. The molecule has 1 amide bonds. The summed E-state index contributed by atoms with van der Waals surface area (Å²) in [6.07, 6.45) is 5.42. The summed E-state index contributed by atoms with van der Waals surface area (Å²) in [5.74, 6) is 0.687. The fourth-order valence-electron chi connectivity index (χ4n) is 2.80. The van der Waals surface area contributed by atoms with E-state index in [9.17, 15) is 9.18 Å². The Kier molecular flexibility index (Phi) is 6.14. The molecule has 0 fully saturated rings. The van der Waals surface area contributed by atoms with Crippen LogP contribution in [0.3, 0.4) is 0 Å². The molecule has 1 aromatic heterocycles. The molecule has 0 aliphatic carbocycles. The fraction of sp³-hybridized carbons (Fsp3) is 0.238. The van der Waals surface area contributed by atoms with Crippen LogP contribution in [-0.4, -0.2) is 22.0 Å². The van der Waals surface area contributed by atoms with Crippen molar-refractivity contribution >= 4 is 5.91 Å². The molecular formula is C21H22FN3O. The summed E-state index contributed by atoms with van der Waals surface area (Å²) < 4.78 is 15.0. The molecule has 4 nitrogen and oxygen atoms in total. The molecule has 0 saturated heterocycles. The van der Waals surface area contributed by atoms with Gasteiger partial charge in [-0.1, -0.05) is 42.5 Å². The van der Waals surface area contributed by atoms with Gasteiger partial charge in [0.2, 0.25) is 5.91 Å². The number of nitrogens with one attached hydrogen (secondary N) is 1. The van der Waals surface area contributed by atoms with E-state index < -0.39 is 0 Å². The number of hydrogen-bond acceptors (Lipinski definition) is 2. The summed E-state index contributed by atoms with van der Waals surface area (Å²) in [5.41, 5.74) is 2.18. The van der Waals surface area contributed by atoms with E-state index >= 15 is 0 Å². The average Bonchev–Trinajstić information content (AvgIpc) is 3.09. The zero-order chi connectivity index (χ0) is 18.2. The highest BCUT2D eigenvalue weighted by Gasteiger charge is 2.06. The lowest BCUT2D eigenvalue weighted by atomic mass is 10.1. The van der Waals surface area contributed by atoms with E-state index in [0.717, 1.165) is 17.9 Å². The second-order valence-electron chi connectivity index (χ2n) is 6.18. The Morgan fingerprint density at radius 3 is 2.54 bits per heavy atom. The maximum Gasteiger partial charge on any atom is 0.220 e. The van der Waals surface area contributed by atoms with Crippen molar-refractivity contribution in [1.82, 2.24) is 14.9 Å². The third-order valence-electron chi connectivity index (χ3n) is 4.22. The standard InChI is InChI=1S/C21H22FN3O/c22-19-9-6-17(7-10-19)8-11-21(26)24-13-12-20-23-14-15-25(20)16-18-4-2-1-3-5-18/h1-7,9-10,14-15H,8,11-13,16H2,(H,24,26). The second-order valence-corrected chi connectivity index (χ2v) is 6.18. The molecule has 0 atom stereocenters. The van der Waals surface area contributed by atoms with Gasteiger partial charge in [0.25, 0.3) is 0 Å². The average molecular weight is 351 g/mol. The monoisotopic (exact) mass is 351 g/mol. The van der Waals surface area contributed by atoms with Crippen LogP contribution < -0.4 is 5.32 Å². The van der Waals surface area contributed by atoms with Crippen LogP contribution in [0.1, 0.15) is 23.4 Å². The fourth-order valence-corrected chi connectivity index (χ4v) is 2.80. The third-order valence-corrected chi connectivity index (χ3v) is 4.22. The van der Waals surface area contributed by atoms with Crippen LogP contribution in [0.2, 0.25) is 0 Å². The quantitative estimate of drug-likeness (QED) is 0.676. The normalized spacial score (nSPS) is 10.7. The second kappa shape index (κ2) is 8.94. The number of amides is 1. The van der Waals surface area contributed by atoms with Gasteiger partial charge >= 0.3 is 0 Å². The Balaban J connectivity index is 1.42. The highest BCUT2D eigenvalue weighted by Crippen LogP contribution is 2.07. The molecule has 0 radical (unpaired) electrons. The van der Waals surface area contributed by atoms with Crippen molar-refractivity contribution in [2.45, 2.75) is 25.8 Å². The van der Waals surface area contributed by atoms with Crippen molar-refractivity contribution in [2.75, 3.05) is 6.54 Å². The van der Waals surface area contributed by atoms with Crippen molar-refractivity contribution in [1.29, 1.82) is 0 Å². The van der Waals surface area contributed by atoms with Gasteiger partial charge < -0.3 is 9.88 Å². The molecule has 1 heterocycles. The minimum Gasteiger partial charge on any atom is -0.356 e. The number of rotatable bonds is 8. The lowest BCUT2D eigenvalue weighted by Gasteiger charge is -2.09. The number of carbonyl (C=O) groups excluding carboxylic acids is 1. The first-order valence-corrected chi connectivity index (χ1v) is 8.76. The topological polar surface area (TPSA) is 46.9 Å². The highest BCUT2D eigenvalue weighted by atomic mass is 19.1. The number of hydrogen-bond donors (Lipinski definition) is 1. The summed E-state index contributed by atoms with van der Waals surface area (Å²) in [7, 11) is 0. The first-order valence-electron chi connectivity index (χ1n) is 8.76. The predicted octanol–water partition coefficient (Wildman–Crippen LogP) is 3.36. The summed E-state index contributed by atoms with van der Waals surface area (Å²) in [4.78, 5) is 16.4. The Labute approximate surface area is 152 Å². The molecule has 5 heteroatoms. The first kappa shape index (κ1) is 17.9. The van der Waals surface area contributed by atoms with E-state index in [4.69, 9.17) is 0 Å². The van der Waals surface area contributed by atoms with Gasteiger partial charge in [-0.15, -0.1) is 0 Å². The van der Waals surface area contributed by atoms with Crippen molar-refractivity contribution in [3.63, 3.8) is 0 Å². The number of nitrogens with zero attached hydrogens (tertiary/aromatic N) is 2. The molecule has 0 aliphatic heterocycles. The number of halogens is 1. The van der Waals surface area contributed by atoms with Gasteiger partial charge in [-0.3, -0.25) is 4.79 Å². The molecule has 26 heavy (non-hydrogen) atoms. The van der Waals surface area contributed by atoms with E-state index in [1.54, 1.807) is 18.3 Å². The van der Waals surface area contributed by atoms with Gasteiger partial charge in [0.1, 0.15) is 11.6 Å². The molecule has 3 rings (SSSR count). The molecule has 0 unspecified atom stereocenters. The molecule has 2 aromatic carbocycles. The van der Waals surface area contributed by atoms with Crippen LogP contribution in [0.5, 0.6) is 0 Å². The van der Waals surface area contributed by atoms with Gasteiger partial charge in [0.05, 0.1) is 0 Å². The Morgan fingerprint density at radius 1 is 1.00 bits per heavy atom. The molecule has 0 saturated carbocycles. The number of imidazole rings is 1. The van der Waals surface area contributed by atoms with Crippen molar-refractivity contribution < 1.29 is 9.18 Å². The summed E-state index contributed by atoms with van der Waals surface area (Å²) in [6.45, 7) is 1.32. The molecule has 0 aliphatic rings. The maximum absolute atomic E-state index is 12.9. The summed E-state index contributed by atoms with van der Waals surface area (Å²) in [5, 5.41) is 2.93. The van der Waals surface area contributed by atoms with Gasteiger partial charge in [-0.05, 0) is 29.7 Å². The Morgan fingerprint density at radius 2 is 1.77 bits per heavy atom. The van der Waals surface area contributed by atoms with E-state index in [2.05, 4.69) is 27.0 Å². The van der Waals surface area contributed by atoms with Crippen LogP contribution in [0, 0.1) is 5.82 Å². The van der Waals surface area contributed by atoms with Gasteiger partial charge in [0.15, 0.2) is 0 Å². The van der Waals surface area contributed by atoms with Crippen LogP contribution in [0.4, 0.5) is 4.39 Å². The highest BCUT2D eigenvalue weighted by molar-refractivity contribution is 5.76. The van der Waals surface area contributed by atoms with E-state index in [0.29, 0.717) is 25.8 Å². The van der Waals surface area contributed by atoms with E-state index in [-0.39, 0.29) is 11.7 Å². The molecule has 3 aromatic rings. The minimum absolute atomic E-state index is 0.00418. The van der Waals surface area contributed by atoms with Crippen LogP contribution in [-0.2, 0) is 24.2 Å². The van der Waals surface area contributed by atoms with Gasteiger partial charge in [-0.2, -0.15) is 0 Å². The summed E-state index contributed by atoms with van der Waals surface area (Å²) in [6, 6.07) is 16.5. The third kappa shape index (κ3) is 5.28. The lowest BCUT2D eigenvalue weighted by molar-refractivity contribution is -0.121. The minimum atomic E-state index is -0.260. The largest absolute Gasteiger partial charge is 0.356 e. The Hall–Kier alpha value is -2.95. The van der Waals surface area contributed by atoms with Crippen molar-refractivity contribution in [2.24, 2.45) is 0 Å². The number of carbonyl (C=O) groups is 1. The smallest absolute Gasteiger partial charge is 0.220 e. The summed E-state index contributed by atoms with van der Waals surface area (Å²) >= 11 is 0. The van der Waals surface area contributed by atoms with Crippen molar-refractivity contribution in [3.05, 3.63) is 89.8 Å². The zero-order valence-corrected chi connectivity index (χ0v) is 14.6. The lowest BCUT2D eigenvalue weighted by Crippen LogP contribution is -2.26. The van der Waals surface area contributed by atoms with Crippen molar-refractivity contribution in [3.8, 4) is 0 Å². The SMILES string of the molecule is O=C(CCc1ccc(F)cc1)NCCc1nccn1Cc1ccccc1. The van der Waals surface area contributed by atoms with Crippen LogP contribution in [0.25, 0.3) is 0 Å². The first-order chi connectivity index (χ1) is 12.7. The van der Waals surface area contributed by atoms with Gasteiger partial charge in [0, 0.05) is 38.3 Å².